The largest absolute Gasteiger partial charge is 0.497 e. The number of likely N-dealkylation sites (tertiary alicyclic amines) is 1. The Hall–Kier alpha value is -4.57. The van der Waals surface area contributed by atoms with E-state index in [1.54, 1.807) is 47.2 Å². The molecule has 3 aliphatic rings. The molecule has 0 aliphatic carbocycles. The molecule has 1 N–H and O–H groups in total. The maximum Gasteiger partial charge on any atom is 0.256 e. The Bertz CT molecular complexity index is 1500. The zero-order valence-electron chi connectivity index (χ0n) is 23.6. The number of nitrogens with one attached hydrogen (secondary N) is 1. The first-order chi connectivity index (χ1) is 20.4. The van der Waals surface area contributed by atoms with Crippen LogP contribution in [-0.2, 0) is 16.1 Å². The number of hydrogen-bond acceptors (Lipinski definition) is 7. The molecule has 3 amide bonds. The number of rotatable bonds is 6. The number of ether oxygens (including phenoxy) is 4. The van der Waals surface area contributed by atoms with Gasteiger partial charge in [-0.1, -0.05) is 23.8 Å². The smallest absolute Gasteiger partial charge is 0.256 e. The van der Waals surface area contributed by atoms with Gasteiger partial charge >= 0.3 is 0 Å². The minimum absolute atomic E-state index is 0.0664. The van der Waals surface area contributed by atoms with Crippen LogP contribution in [0.25, 0.3) is 0 Å². The predicted octanol–water partition coefficient (Wildman–Crippen LogP) is 3.52. The second-order valence-electron chi connectivity index (χ2n) is 10.7. The van der Waals surface area contributed by atoms with Crippen molar-refractivity contribution in [2.45, 2.75) is 38.1 Å². The van der Waals surface area contributed by atoms with Crippen LogP contribution < -0.4 is 19.5 Å². The molecule has 3 aliphatic heterocycles. The van der Waals surface area contributed by atoms with Gasteiger partial charge in [-0.25, -0.2) is 0 Å². The van der Waals surface area contributed by atoms with Crippen LogP contribution in [0.2, 0.25) is 0 Å². The lowest BCUT2D eigenvalue weighted by Gasteiger charge is -2.44. The first-order valence-corrected chi connectivity index (χ1v) is 14.0. The first-order valence-electron chi connectivity index (χ1n) is 14.0. The second-order valence-corrected chi connectivity index (χ2v) is 10.7. The molecule has 3 aromatic rings. The fourth-order valence-corrected chi connectivity index (χ4v) is 5.82. The van der Waals surface area contributed by atoms with E-state index in [9.17, 15) is 14.4 Å². The SMILES string of the molecule is COc1ccc(C(=O)N2CCC3(CC2)OCC(C(=O)NCc2ccc4c(c2)OCO4)N3C(=O)c2cccc(C)c2)cc1. The highest BCUT2D eigenvalue weighted by Crippen LogP contribution is 2.39. The van der Waals surface area contributed by atoms with Crippen LogP contribution in [0.4, 0.5) is 0 Å². The van der Waals surface area contributed by atoms with E-state index >= 15 is 0 Å². The Morgan fingerprint density at radius 1 is 0.929 bits per heavy atom. The molecule has 1 spiro atoms. The molecule has 3 heterocycles. The third-order valence-corrected chi connectivity index (χ3v) is 8.12. The number of methoxy groups -OCH3 is 1. The quantitative estimate of drug-likeness (QED) is 0.483. The molecule has 0 aromatic heterocycles. The average Bonchev–Trinajstić information content (AvgIpc) is 3.64. The van der Waals surface area contributed by atoms with Gasteiger partial charge in [-0.3, -0.25) is 19.3 Å². The molecule has 3 aromatic carbocycles. The van der Waals surface area contributed by atoms with Crippen LogP contribution in [0.1, 0.15) is 44.7 Å². The lowest BCUT2D eigenvalue weighted by atomic mass is 9.95. The summed E-state index contributed by atoms with van der Waals surface area (Å²) in [6.07, 6.45) is 0.775. The molecule has 6 rings (SSSR count). The minimum Gasteiger partial charge on any atom is -0.497 e. The Morgan fingerprint density at radius 3 is 2.43 bits per heavy atom. The summed E-state index contributed by atoms with van der Waals surface area (Å²) in [7, 11) is 1.58. The van der Waals surface area contributed by atoms with Crippen molar-refractivity contribution in [2.24, 2.45) is 0 Å². The van der Waals surface area contributed by atoms with Gasteiger partial charge in [-0.2, -0.15) is 0 Å². The Morgan fingerprint density at radius 2 is 1.69 bits per heavy atom. The number of aryl methyl sites for hydroxylation is 1. The van der Waals surface area contributed by atoms with E-state index in [2.05, 4.69) is 5.32 Å². The predicted molar refractivity (Wildman–Crippen MR) is 152 cm³/mol. The van der Waals surface area contributed by atoms with E-state index < -0.39 is 11.8 Å². The maximum absolute atomic E-state index is 14.0. The van der Waals surface area contributed by atoms with Crippen molar-refractivity contribution in [1.29, 1.82) is 0 Å². The second kappa shape index (κ2) is 11.4. The summed E-state index contributed by atoms with van der Waals surface area (Å²) < 4.78 is 22.4. The number of carbonyl (C=O) groups excluding carboxylic acids is 3. The highest BCUT2D eigenvalue weighted by atomic mass is 16.7. The van der Waals surface area contributed by atoms with Crippen molar-refractivity contribution in [1.82, 2.24) is 15.1 Å². The highest BCUT2D eigenvalue weighted by molar-refractivity contribution is 5.99. The normalized spacial score (nSPS) is 18.7. The van der Waals surface area contributed by atoms with E-state index in [-0.39, 0.29) is 37.7 Å². The van der Waals surface area contributed by atoms with E-state index in [1.807, 2.05) is 43.3 Å². The molecule has 2 fully saturated rings. The standard InChI is InChI=1S/C32H33N3O7/c1-21-4-3-5-24(16-21)31(38)35-26(29(36)33-18-22-6-11-27-28(17-22)41-20-40-27)19-42-32(35)12-14-34(15-13-32)30(37)23-7-9-25(39-2)10-8-23/h3-11,16-17,26H,12-15,18-20H2,1-2H3,(H,33,36). The average molecular weight is 572 g/mol. The molecule has 1 unspecified atom stereocenters. The zero-order chi connectivity index (χ0) is 29.3. The molecule has 0 radical (unpaired) electrons. The summed E-state index contributed by atoms with van der Waals surface area (Å²) in [6.45, 7) is 3.19. The summed E-state index contributed by atoms with van der Waals surface area (Å²) in [6, 6.07) is 19.0. The van der Waals surface area contributed by atoms with Gasteiger partial charge in [-0.05, 0) is 61.0 Å². The topological polar surface area (TPSA) is 107 Å². The summed E-state index contributed by atoms with van der Waals surface area (Å²) in [5, 5.41) is 2.98. The summed E-state index contributed by atoms with van der Waals surface area (Å²) in [5.74, 6) is 1.31. The number of benzene rings is 3. The lowest BCUT2D eigenvalue weighted by Crippen LogP contribution is -2.59. The number of fused-ring (bicyclic) bond motifs is 1. The third-order valence-electron chi connectivity index (χ3n) is 8.12. The summed E-state index contributed by atoms with van der Waals surface area (Å²) >= 11 is 0. The molecule has 10 heteroatoms. The van der Waals surface area contributed by atoms with Crippen LogP contribution in [0.15, 0.2) is 66.7 Å². The number of hydrogen-bond donors (Lipinski definition) is 1. The fourth-order valence-electron chi connectivity index (χ4n) is 5.82. The van der Waals surface area contributed by atoms with Crippen LogP contribution >= 0.6 is 0 Å². The van der Waals surface area contributed by atoms with Crippen LogP contribution in [0.5, 0.6) is 17.2 Å². The van der Waals surface area contributed by atoms with Crippen LogP contribution in [0, 0.1) is 6.92 Å². The van der Waals surface area contributed by atoms with Crippen molar-refractivity contribution >= 4 is 17.7 Å². The van der Waals surface area contributed by atoms with E-state index in [0.717, 1.165) is 11.1 Å². The van der Waals surface area contributed by atoms with Gasteiger partial charge in [0.1, 0.15) is 17.5 Å². The molecule has 0 saturated carbocycles. The summed E-state index contributed by atoms with van der Waals surface area (Å²) in [4.78, 5) is 44.2. The van der Waals surface area contributed by atoms with Gasteiger partial charge in [-0.15, -0.1) is 0 Å². The molecular formula is C32H33N3O7. The lowest BCUT2D eigenvalue weighted by molar-refractivity contribution is -0.128. The van der Waals surface area contributed by atoms with Gasteiger partial charge in [0.2, 0.25) is 12.7 Å². The Labute approximate surface area is 244 Å². The van der Waals surface area contributed by atoms with Gasteiger partial charge in [0, 0.05) is 43.6 Å². The molecule has 0 bridgehead atoms. The fraction of sp³-hybridized carbons (Fsp3) is 0.344. The minimum atomic E-state index is -1.00. The number of amides is 3. The molecule has 42 heavy (non-hydrogen) atoms. The van der Waals surface area contributed by atoms with E-state index in [4.69, 9.17) is 18.9 Å². The molecule has 218 valence electrons. The van der Waals surface area contributed by atoms with Crippen molar-refractivity contribution in [2.75, 3.05) is 33.6 Å². The highest BCUT2D eigenvalue weighted by Gasteiger charge is 2.54. The maximum atomic E-state index is 14.0. The number of carbonyl (C=O) groups is 3. The van der Waals surface area contributed by atoms with E-state index in [0.29, 0.717) is 54.3 Å². The van der Waals surface area contributed by atoms with Gasteiger partial charge in [0.25, 0.3) is 11.8 Å². The zero-order valence-corrected chi connectivity index (χ0v) is 23.6. The third kappa shape index (κ3) is 5.25. The van der Waals surface area contributed by atoms with Crippen molar-refractivity contribution in [3.63, 3.8) is 0 Å². The Kier molecular flexibility index (Phi) is 7.47. The van der Waals surface area contributed by atoms with Gasteiger partial charge < -0.3 is 29.2 Å². The summed E-state index contributed by atoms with van der Waals surface area (Å²) in [5.41, 5.74) is 1.85. The molecule has 10 nitrogen and oxygen atoms in total. The number of piperidine rings is 1. The number of nitrogens with zero attached hydrogens (tertiary/aromatic N) is 2. The van der Waals surface area contributed by atoms with Crippen LogP contribution in [-0.4, -0.2) is 72.9 Å². The Balaban J connectivity index is 1.20. The van der Waals surface area contributed by atoms with Crippen molar-refractivity contribution in [3.8, 4) is 17.2 Å². The van der Waals surface area contributed by atoms with Crippen molar-refractivity contribution < 1.29 is 33.3 Å². The van der Waals surface area contributed by atoms with Crippen molar-refractivity contribution in [3.05, 3.63) is 89.0 Å². The molecular weight excluding hydrogens is 538 g/mol. The van der Waals surface area contributed by atoms with E-state index in [1.165, 1.54) is 0 Å². The van der Waals surface area contributed by atoms with Crippen LogP contribution in [0.3, 0.4) is 0 Å². The monoisotopic (exact) mass is 571 g/mol. The first kappa shape index (κ1) is 27.6. The van der Waals surface area contributed by atoms with Gasteiger partial charge in [0.15, 0.2) is 11.5 Å². The molecule has 1 atom stereocenters. The molecule has 2 saturated heterocycles. The van der Waals surface area contributed by atoms with Gasteiger partial charge in [0.05, 0.1) is 13.7 Å².